The molecular weight excluding hydrogens is 298 g/mol. The minimum absolute atomic E-state index is 0.364. The number of hydrogen-bond donors (Lipinski definition) is 0. The van der Waals surface area contributed by atoms with E-state index in [2.05, 4.69) is 4.98 Å². The van der Waals surface area contributed by atoms with Crippen molar-refractivity contribution in [3.8, 4) is 0 Å². The highest BCUT2D eigenvalue weighted by Crippen LogP contribution is 2.28. The van der Waals surface area contributed by atoms with E-state index < -0.39 is 5.97 Å². The monoisotopic (exact) mass is 315 g/mol. The normalized spacial score (nSPS) is 11.7. The van der Waals surface area contributed by atoms with E-state index in [1.165, 1.54) is 31.8 Å². The van der Waals surface area contributed by atoms with Crippen LogP contribution in [0.15, 0.2) is 36.6 Å². The summed E-state index contributed by atoms with van der Waals surface area (Å²) in [5, 5.41) is 0.869. The Hall–Kier alpha value is -2.40. The number of carbonyl (C=O) groups is 1. The molecule has 0 saturated heterocycles. The molecule has 5 heteroatoms. The Kier molecular flexibility index (Phi) is 5.49. The molecule has 0 N–H and O–H groups in total. The summed E-state index contributed by atoms with van der Waals surface area (Å²) in [4.78, 5) is 17.1. The predicted octanol–water partition coefficient (Wildman–Crippen LogP) is 3.78. The molecule has 0 aliphatic carbocycles. The molecule has 0 atom stereocenters. The molecule has 0 bridgehead atoms. The van der Waals surface area contributed by atoms with Crippen molar-refractivity contribution in [3.05, 3.63) is 57.7 Å². The molecule has 0 unspecified atom stereocenters. The Bertz CT molecular complexity index is 702. The molecule has 0 spiro atoms. The van der Waals surface area contributed by atoms with Gasteiger partial charge in [0.1, 0.15) is 5.57 Å². The first-order chi connectivity index (χ1) is 10.7. The number of thiazole rings is 1. The number of ether oxygens (including phenoxy) is 2. The molecule has 0 fully saturated rings. The second-order valence-electron chi connectivity index (χ2n) is 4.45. The van der Waals surface area contributed by atoms with Gasteiger partial charge < -0.3 is 9.47 Å². The molecule has 2 aromatic rings. The van der Waals surface area contributed by atoms with Crippen molar-refractivity contribution in [1.82, 2.24) is 4.98 Å². The molecule has 2 rings (SSSR count). The average molecular weight is 315 g/mol. The highest BCUT2D eigenvalue weighted by atomic mass is 32.1. The Labute approximate surface area is 133 Å². The van der Waals surface area contributed by atoms with Crippen LogP contribution in [0.3, 0.4) is 0 Å². The summed E-state index contributed by atoms with van der Waals surface area (Å²) < 4.78 is 9.81. The number of rotatable bonds is 5. The summed E-state index contributed by atoms with van der Waals surface area (Å²) in [5.74, 6) is -0.445. The summed E-state index contributed by atoms with van der Waals surface area (Å²) in [6.45, 7) is 1.90. The minimum atomic E-state index is -0.445. The zero-order valence-electron chi connectivity index (χ0n) is 12.7. The standard InChI is InChI=1S/C17H17NO3S/c1-12-18-15(10-9-13-7-5-4-6-8-13)16(22-12)14(11-20-2)17(19)21-3/h4-11H,1-3H3/b10-9+,14-11+. The largest absolute Gasteiger partial charge is 0.503 e. The molecule has 1 aromatic heterocycles. The van der Waals surface area contributed by atoms with Gasteiger partial charge in [0.25, 0.3) is 0 Å². The fourth-order valence-electron chi connectivity index (χ4n) is 1.91. The zero-order chi connectivity index (χ0) is 15.9. The van der Waals surface area contributed by atoms with Gasteiger partial charge in [-0.3, -0.25) is 0 Å². The average Bonchev–Trinajstić information content (AvgIpc) is 2.91. The van der Waals surface area contributed by atoms with Crippen LogP contribution in [0, 0.1) is 6.92 Å². The molecule has 1 heterocycles. The number of aromatic nitrogens is 1. The van der Waals surface area contributed by atoms with E-state index in [4.69, 9.17) is 9.47 Å². The summed E-state index contributed by atoms with van der Waals surface area (Å²) in [6.07, 6.45) is 5.24. The number of nitrogens with zero attached hydrogens (tertiary/aromatic N) is 1. The van der Waals surface area contributed by atoms with Crippen LogP contribution in [0.2, 0.25) is 0 Å². The Morgan fingerprint density at radius 1 is 1.18 bits per heavy atom. The van der Waals surface area contributed by atoms with Crippen LogP contribution in [0.5, 0.6) is 0 Å². The fraction of sp³-hybridized carbons (Fsp3) is 0.176. The van der Waals surface area contributed by atoms with Gasteiger partial charge in [0, 0.05) is 0 Å². The van der Waals surface area contributed by atoms with Crippen LogP contribution in [0.4, 0.5) is 0 Å². The van der Waals surface area contributed by atoms with Gasteiger partial charge in [-0.05, 0) is 18.6 Å². The van der Waals surface area contributed by atoms with E-state index in [1.54, 1.807) is 0 Å². The van der Waals surface area contributed by atoms with E-state index >= 15 is 0 Å². The van der Waals surface area contributed by atoms with Crippen LogP contribution in [-0.2, 0) is 14.3 Å². The summed E-state index contributed by atoms with van der Waals surface area (Å²) in [7, 11) is 2.84. The lowest BCUT2D eigenvalue weighted by Crippen LogP contribution is -2.04. The van der Waals surface area contributed by atoms with E-state index in [0.717, 1.165) is 21.1 Å². The van der Waals surface area contributed by atoms with Crippen LogP contribution in [0.1, 0.15) is 21.1 Å². The lowest BCUT2D eigenvalue weighted by Gasteiger charge is -2.03. The van der Waals surface area contributed by atoms with Crippen molar-refractivity contribution < 1.29 is 14.3 Å². The third kappa shape index (κ3) is 3.83. The molecule has 0 radical (unpaired) electrons. The van der Waals surface area contributed by atoms with Crippen molar-refractivity contribution in [2.24, 2.45) is 0 Å². The number of hydrogen-bond acceptors (Lipinski definition) is 5. The molecule has 4 nitrogen and oxygen atoms in total. The highest BCUT2D eigenvalue weighted by Gasteiger charge is 2.19. The quantitative estimate of drug-likeness (QED) is 0.478. The van der Waals surface area contributed by atoms with Gasteiger partial charge in [-0.15, -0.1) is 11.3 Å². The van der Waals surface area contributed by atoms with Crippen molar-refractivity contribution in [1.29, 1.82) is 0 Å². The van der Waals surface area contributed by atoms with E-state index in [0.29, 0.717) is 5.57 Å². The minimum Gasteiger partial charge on any atom is -0.503 e. The molecule has 114 valence electrons. The van der Waals surface area contributed by atoms with Crippen molar-refractivity contribution in [2.75, 3.05) is 14.2 Å². The van der Waals surface area contributed by atoms with Gasteiger partial charge >= 0.3 is 5.97 Å². The molecule has 22 heavy (non-hydrogen) atoms. The Balaban J connectivity index is 2.39. The Morgan fingerprint density at radius 3 is 2.55 bits per heavy atom. The fourth-order valence-corrected chi connectivity index (χ4v) is 2.81. The van der Waals surface area contributed by atoms with Crippen molar-refractivity contribution >= 4 is 35.0 Å². The first kappa shape index (κ1) is 16.0. The molecule has 1 aromatic carbocycles. The summed E-state index contributed by atoms with van der Waals surface area (Å²) in [5.41, 5.74) is 2.15. The van der Waals surface area contributed by atoms with Crippen LogP contribution in [-0.4, -0.2) is 25.2 Å². The lowest BCUT2D eigenvalue weighted by atomic mass is 10.1. The first-order valence-electron chi connectivity index (χ1n) is 6.68. The number of methoxy groups -OCH3 is 2. The number of aryl methyl sites for hydroxylation is 1. The van der Waals surface area contributed by atoms with E-state index in [1.807, 2.05) is 49.4 Å². The highest BCUT2D eigenvalue weighted by molar-refractivity contribution is 7.13. The van der Waals surface area contributed by atoms with Gasteiger partial charge in [-0.25, -0.2) is 9.78 Å². The SMILES string of the molecule is CO/C=C(/C(=O)OC)c1sc(C)nc1/C=C/c1ccccc1. The lowest BCUT2D eigenvalue weighted by molar-refractivity contribution is -0.133. The third-order valence-electron chi connectivity index (χ3n) is 2.88. The number of esters is 1. The second-order valence-corrected chi connectivity index (χ2v) is 5.65. The van der Waals surface area contributed by atoms with Crippen LogP contribution >= 0.6 is 11.3 Å². The van der Waals surface area contributed by atoms with Gasteiger partial charge in [0.2, 0.25) is 0 Å². The Morgan fingerprint density at radius 2 is 1.91 bits per heavy atom. The van der Waals surface area contributed by atoms with Gasteiger partial charge in [-0.2, -0.15) is 0 Å². The third-order valence-corrected chi connectivity index (χ3v) is 3.90. The maximum atomic E-state index is 11.9. The van der Waals surface area contributed by atoms with E-state index in [-0.39, 0.29) is 0 Å². The van der Waals surface area contributed by atoms with Gasteiger partial charge in [-0.1, -0.05) is 36.4 Å². The van der Waals surface area contributed by atoms with Crippen molar-refractivity contribution in [3.63, 3.8) is 0 Å². The second kappa shape index (κ2) is 7.56. The van der Waals surface area contributed by atoms with Crippen molar-refractivity contribution in [2.45, 2.75) is 6.92 Å². The summed E-state index contributed by atoms with van der Waals surface area (Å²) in [6, 6.07) is 9.91. The molecule has 0 aliphatic heterocycles. The maximum absolute atomic E-state index is 11.9. The van der Waals surface area contributed by atoms with Gasteiger partial charge in [0.15, 0.2) is 0 Å². The first-order valence-corrected chi connectivity index (χ1v) is 7.49. The molecular formula is C17H17NO3S. The maximum Gasteiger partial charge on any atom is 0.342 e. The van der Waals surface area contributed by atoms with Crippen LogP contribution in [0.25, 0.3) is 17.7 Å². The van der Waals surface area contributed by atoms with Gasteiger partial charge in [0.05, 0.1) is 36.1 Å². The van der Waals surface area contributed by atoms with E-state index in [9.17, 15) is 4.79 Å². The zero-order valence-corrected chi connectivity index (χ0v) is 13.5. The number of carbonyl (C=O) groups excluding carboxylic acids is 1. The van der Waals surface area contributed by atoms with Crippen LogP contribution < -0.4 is 0 Å². The summed E-state index contributed by atoms with van der Waals surface area (Å²) >= 11 is 1.43. The number of benzene rings is 1. The molecule has 0 saturated carbocycles. The predicted molar refractivity (Wildman–Crippen MR) is 89.2 cm³/mol. The molecule has 0 aliphatic rings. The topological polar surface area (TPSA) is 48.4 Å². The molecule has 0 amide bonds. The smallest absolute Gasteiger partial charge is 0.342 e.